The fourth-order valence-electron chi connectivity index (χ4n) is 4.13. The van der Waals surface area contributed by atoms with Gasteiger partial charge in [-0.3, -0.25) is 0 Å². The van der Waals surface area contributed by atoms with Gasteiger partial charge in [0, 0.05) is 37.7 Å². The maximum atomic E-state index is 13.2. The van der Waals surface area contributed by atoms with E-state index in [4.69, 9.17) is 4.98 Å². The predicted octanol–water partition coefficient (Wildman–Crippen LogP) is 4.60. The number of hydrogen-bond donors (Lipinski definition) is 0. The van der Waals surface area contributed by atoms with Crippen molar-refractivity contribution in [1.82, 2.24) is 14.5 Å². The van der Waals surface area contributed by atoms with Gasteiger partial charge in [-0.2, -0.15) is 0 Å². The highest BCUT2D eigenvalue weighted by Gasteiger charge is 2.18. The van der Waals surface area contributed by atoms with Gasteiger partial charge in [-0.15, -0.1) is 0 Å². The number of halogens is 1. The van der Waals surface area contributed by atoms with Crippen molar-refractivity contribution >= 4 is 21.6 Å². The minimum Gasteiger partial charge on any atom is -0.328 e. The summed E-state index contributed by atoms with van der Waals surface area (Å²) in [7, 11) is -1.18. The lowest BCUT2D eigenvalue weighted by molar-refractivity contribution is 0.289. The van der Waals surface area contributed by atoms with Gasteiger partial charge in [-0.25, -0.2) is 17.8 Å². The van der Waals surface area contributed by atoms with Crippen LogP contribution in [0.1, 0.15) is 24.5 Å². The Hall–Kier alpha value is -2.16. The highest BCUT2D eigenvalue weighted by Crippen LogP contribution is 2.25. The van der Waals surface area contributed by atoms with Gasteiger partial charge in [-0.05, 0) is 73.3 Å². The van der Waals surface area contributed by atoms with E-state index in [0.717, 1.165) is 61.1 Å². The van der Waals surface area contributed by atoms with Gasteiger partial charge in [0.15, 0.2) is 15.0 Å². The van der Waals surface area contributed by atoms with Crippen molar-refractivity contribution in [1.29, 1.82) is 0 Å². The molecule has 1 aliphatic rings. The fraction of sp³-hybridized carbons (Fsp3) is 0.400. The number of thioether (sulfide) groups is 1. The van der Waals surface area contributed by atoms with Gasteiger partial charge in [0.1, 0.15) is 5.82 Å². The topological polar surface area (TPSA) is 55.2 Å². The molecule has 33 heavy (non-hydrogen) atoms. The molecule has 0 atom stereocenters. The molecule has 0 aliphatic carbocycles. The molecule has 0 unspecified atom stereocenters. The maximum absolute atomic E-state index is 13.2. The largest absolute Gasteiger partial charge is 0.328 e. The first kappa shape index (κ1) is 24.0. The Morgan fingerprint density at radius 3 is 2.52 bits per heavy atom. The number of imidazole rings is 1. The zero-order valence-corrected chi connectivity index (χ0v) is 20.8. The van der Waals surface area contributed by atoms with Crippen molar-refractivity contribution in [2.45, 2.75) is 36.2 Å². The molecule has 1 aliphatic heterocycles. The second-order valence-electron chi connectivity index (χ2n) is 8.40. The molecule has 3 aromatic rings. The zero-order chi connectivity index (χ0) is 23.4. The van der Waals surface area contributed by atoms with Crippen molar-refractivity contribution in [3.63, 3.8) is 0 Å². The van der Waals surface area contributed by atoms with Crippen LogP contribution in [0.2, 0.25) is 0 Å². The third-order valence-corrected chi connectivity index (χ3v) is 9.00. The van der Waals surface area contributed by atoms with E-state index in [9.17, 15) is 12.8 Å². The van der Waals surface area contributed by atoms with E-state index < -0.39 is 9.84 Å². The molecule has 0 amide bonds. The first-order valence-electron chi connectivity index (χ1n) is 11.3. The second kappa shape index (κ2) is 10.4. The van der Waals surface area contributed by atoms with Crippen LogP contribution in [0.25, 0.3) is 11.3 Å². The normalized spacial score (nSPS) is 14.8. The fourth-order valence-corrected chi connectivity index (χ4v) is 5.93. The number of benzene rings is 2. The van der Waals surface area contributed by atoms with E-state index in [1.165, 1.54) is 23.3 Å². The number of sulfone groups is 1. The lowest BCUT2D eigenvalue weighted by Gasteiger charge is -2.19. The summed E-state index contributed by atoms with van der Waals surface area (Å²) in [5.41, 5.74) is 4.21. The lowest BCUT2D eigenvalue weighted by atomic mass is 10.0. The summed E-state index contributed by atoms with van der Waals surface area (Å²) >= 11 is 1.74. The molecule has 176 valence electrons. The third kappa shape index (κ3) is 5.86. The van der Waals surface area contributed by atoms with E-state index in [0.29, 0.717) is 4.90 Å². The molecule has 0 saturated carbocycles. The highest BCUT2D eigenvalue weighted by atomic mass is 32.2. The molecular weight excluding hydrogens is 457 g/mol. The molecule has 0 saturated heterocycles. The summed E-state index contributed by atoms with van der Waals surface area (Å²) in [5, 5.41) is 0.960. The highest BCUT2D eigenvalue weighted by molar-refractivity contribution is 7.99. The van der Waals surface area contributed by atoms with Crippen molar-refractivity contribution in [2.24, 2.45) is 7.05 Å². The number of aryl methyl sites for hydroxylation is 1. The van der Waals surface area contributed by atoms with Gasteiger partial charge in [0.2, 0.25) is 0 Å². The predicted molar refractivity (Wildman–Crippen MR) is 132 cm³/mol. The molecule has 0 N–H and O–H groups in total. The summed E-state index contributed by atoms with van der Waals surface area (Å²) in [5.74, 6) is 0.861. The van der Waals surface area contributed by atoms with E-state index >= 15 is 0 Å². The SMILES string of the molecule is CCS(=O)(=O)c1ccc2c(c1)CCN(CCCSc1nc(-c3ccc(F)cc3)cn1C)CC2. The van der Waals surface area contributed by atoms with E-state index in [-0.39, 0.29) is 11.6 Å². The van der Waals surface area contributed by atoms with Crippen LogP contribution >= 0.6 is 11.8 Å². The Balaban J connectivity index is 1.28. The Bertz CT molecular complexity index is 1210. The van der Waals surface area contributed by atoms with Crippen molar-refractivity contribution < 1.29 is 12.8 Å². The van der Waals surface area contributed by atoms with E-state index in [2.05, 4.69) is 4.90 Å². The van der Waals surface area contributed by atoms with Crippen LogP contribution in [0.4, 0.5) is 4.39 Å². The number of aromatic nitrogens is 2. The third-order valence-electron chi connectivity index (χ3n) is 6.14. The molecule has 2 aromatic carbocycles. The minimum atomic E-state index is -3.16. The summed E-state index contributed by atoms with van der Waals surface area (Å²) < 4.78 is 39.6. The summed E-state index contributed by atoms with van der Waals surface area (Å²) in [6.07, 6.45) is 4.87. The number of rotatable bonds is 8. The van der Waals surface area contributed by atoms with Crippen LogP contribution in [0.15, 0.2) is 58.7 Å². The van der Waals surface area contributed by atoms with Crippen molar-refractivity contribution in [3.8, 4) is 11.3 Å². The van der Waals surface area contributed by atoms with Gasteiger partial charge in [-0.1, -0.05) is 24.8 Å². The van der Waals surface area contributed by atoms with E-state index in [1.54, 1.807) is 36.9 Å². The number of fused-ring (bicyclic) bond motifs is 1. The smallest absolute Gasteiger partial charge is 0.178 e. The van der Waals surface area contributed by atoms with Gasteiger partial charge < -0.3 is 9.47 Å². The summed E-state index contributed by atoms with van der Waals surface area (Å²) in [4.78, 5) is 7.63. The molecule has 0 fully saturated rings. The first-order chi connectivity index (χ1) is 15.9. The van der Waals surface area contributed by atoms with Crippen LogP contribution in [0, 0.1) is 5.82 Å². The van der Waals surface area contributed by atoms with Crippen LogP contribution < -0.4 is 0 Å². The molecule has 0 spiro atoms. The van der Waals surface area contributed by atoms with Gasteiger partial charge >= 0.3 is 0 Å². The first-order valence-corrected chi connectivity index (χ1v) is 14.0. The van der Waals surface area contributed by atoms with Gasteiger partial charge in [0.25, 0.3) is 0 Å². The standard InChI is InChI=1S/C25H30FN3O2S2/c1-3-33(30,31)23-10-7-19-11-14-29(15-12-21(19)17-23)13-4-16-32-25-27-24(18-28(25)2)20-5-8-22(26)9-6-20/h5-10,17-18H,3-4,11-16H2,1-2H3. The zero-order valence-electron chi connectivity index (χ0n) is 19.1. The Labute approximate surface area is 200 Å². The van der Waals surface area contributed by atoms with Crippen LogP contribution in [-0.4, -0.2) is 54.0 Å². The quantitative estimate of drug-likeness (QED) is 0.343. The van der Waals surface area contributed by atoms with Crippen LogP contribution in [0.3, 0.4) is 0 Å². The molecule has 1 aromatic heterocycles. The molecule has 4 rings (SSSR count). The van der Waals surface area contributed by atoms with E-state index in [1.807, 2.05) is 29.9 Å². The monoisotopic (exact) mass is 487 g/mol. The average molecular weight is 488 g/mol. The Morgan fingerprint density at radius 1 is 1.06 bits per heavy atom. The average Bonchev–Trinajstić information content (AvgIpc) is 3.06. The second-order valence-corrected chi connectivity index (χ2v) is 11.7. The van der Waals surface area contributed by atoms with Crippen molar-refractivity contribution in [3.05, 3.63) is 65.6 Å². The molecule has 8 heteroatoms. The van der Waals surface area contributed by atoms with Crippen molar-refractivity contribution in [2.75, 3.05) is 31.1 Å². The molecule has 0 bridgehead atoms. The lowest BCUT2D eigenvalue weighted by Crippen LogP contribution is -2.27. The molecule has 2 heterocycles. The van der Waals surface area contributed by atoms with Crippen LogP contribution in [0.5, 0.6) is 0 Å². The Morgan fingerprint density at radius 2 is 1.79 bits per heavy atom. The number of nitrogens with zero attached hydrogens (tertiary/aromatic N) is 3. The molecule has 5 nitrogen and oxygen atoms in total. The molecular formula is C25H30FN3O2S2. The maximum Gasteiger partial charge on any atom is 0.178 e. The number of hydrogen-bond acceptors (Lipinski definition) is 5. The summed E-state index contributed by atoms with van der Waals surface area (Å²) in [6.45, 7) is 4.64. The van der Waals surface area contributed by atoms with Crippen LogP contribution in [-0.2, 0) is 29.7 Å². The minimum absolute atomic E-state index is 0.136. The Kier molecular flexibility index (Phi) is 7.56. The molecule has 0 radical (unpaired) electrons. The van der Waals surface area contributed by atoms with Gasteiger partial charge in [0.05, 0.1) is 16.3 Å². The summed E-state index contributed by atoms with van der Waals surface area (Å²) in [6, 6.07) is 12.1.